The van der Waals surface area contributed by atoms with Crippen LogP contribution in [0, 0.1) is 0 Å². The second-order valence-corrected chi connectivity index (χ2v) is 2.93. The molecule has 0 aliphatic rings. The number of hydrogen-bond acceptors (Lipinski definition) is 3. The van der Waals surface area contributed by atoms with E-state index < -0.39 is 5.97 Å². The number of esters is 1. The first-order valence-corrected chi connectivity index (χ1v) is 4.54. The predicted molar refractivity (Wildman–Crippen MR) is 53.2 cm³/mol. The summed E-state index contributed by atoms with van der Waals surface area (Å²) in [5.74, 6) is -0.300. The van der Waals surface area contributed by atoms with Gasteiger partial charge in [0, 0.05) is 17.7 Å². The summed E-state index contributed by atoms with van der Waals surface area (Å²) in [4.78, 5) is 11.4. The summed E-state index contributed by atoms with van der Waals surface area (Å²) >= 11 is 0. The third-order valence-electron chi connectivity index (χ3n) is 1.98. The number of ether oxygens (including phenoxy) is 1. The van der Waals surface area contributed by atoms with Gasteiger partial charge in [-0.1, -0.05) is 13.0 Å². The molecule has 0 saturated heterocycles. The molecule has 0 saturated carbocycles. The fourth-order valence-electron chi connectivity index (χ4n) is 1.14. The van der Waals surface area contributed by atoms with E-state index in [1.165, 1.54) is 0 Å². The molecule has 1 unspecified atom stereocenters. The van der Waals surface area contributed by atoms with Crippen molar-refractivity contribution in [2.45, 2.75) is 19.8 Å². The third kappa shape index (κ3) is 2.02. The smallest absolute Gasteiger partial charge is 0.359 e. The molecule has 0 bridgehead atoms. The molecule has 0 aliphatic heterocycles. The Morgan fingerprint density at radius 1 is 1.86 bits per heavy atom. The van der Waals surface area contributed by atoms with E-state index in [-0.39, 0.29) is 5.92 Å². The van der Waals surface area contributed by atoms with Crippen molar-refractivity contribution in [1.82, 2.24) is 10.2 Å². The first-order valence-electron chi connectivity index (χ1n) is 4.54. The van der Waals surface area contributed by atoms with Gasteiger partial charge >= 0.3 is 5.97 Å². The van der Waals surface area contributed by atoms with Gasteiger partial charge in [0.15, 0.2) is 5.69 Å². The summed E-state index contributed by atoms with van der Waals surface area (Å²) in [6.07, 6.45) is 3.45. The van der Waals surface area contributed by atoms with Crippen LogP contribution in [0.2, 0.25) is 0 Å². The van der Waals surface area contributed by atoms with E-state index in [0.717, 1.165) is 5.56 Å². The number of allylic oxidation sites excluding steroid dienone is 1. The molecule has 1 rings (SSSR count). The van der Waals surface area contributed by atoms with E-state index in [9.17, 15) is 4.79 Å². The van der Waals surface area contributed by atoms with Crippen LogP contribution in [0.1, 0.15) is 35.8 Å². The lowest BCUT2D eigenvalue weighted by molar-refractivity contribution is 0.0518. The molecular formula is C10H14N2O2. The Kier molecular flexibility index (Phi) is 3.45. The summed E-state index contributed by atoms with van der Waals surface area (Å²) in [7, 11) is 0. The lowest BCUT2D eigenvalue weighted by Gasteiger charge is -2.05. The van der Waals surface area contributed by atoms with Crippen molar-refractivity contribution in [3.8, 4) is 0 Å². The van der Waals surface area contributed by atoms with E-state index in [4.69, 9.17) is 4.74 Å². The Labute approximate surface area is 83.0 Å². The van der Waals surface area contributed by atoms with Gasteiger partial charge in [0.2, 0.25) is 0 Å². The fourth-order valence-corrected chi connectivity index (χ4v) is 1.14. The molecule has 1 heterocycles. The zero-order valence-corrected chi connectivity index (χ0v) is 8.41. The van der Waals surface area contributed by atoms with Gasteiger partial charge in [-0.15, -0.1) is 6.58 Å². The number of nitrogens with zero attached hydrogens (tertiary/aromatic N) is 1. The highest BCUT2D eigenvalue weighted by molar-refractivity contribution is 5.89. The van der Waals surface area contributed by atoms with Gasteiger partial charge < -0.3 is 4.74 Å². The Morgan fingerprint density at radius 2 is 2.57 bits per heavy atom. The zero-order chi connectivity index (χ0) is 10.6. The number of carbonyl (C=O) groups excluding carboxylic acids is 1. The second-order valence-electron chi connectivity index (χ2n) is 2.93. The molecule has 0 amide bonds. The van der Waals surface area contributed by atoms with Crippen molar-refractivity contribution in [3.63, 3.8) is 0 Å². The van der Waals surface area contributed by atoms with Gasteiger partial charge in [-0.2, -0.15) is 5.10 Å². The van der Waals surface area contributed by atoms with Crippen LogP contribution < -0.4 is 0 Å². The molecule has 0 fully saturated rings. The molecule has 0 aromatic carbocycles. The van der Waals surface area contributed by atoms with Crippen LogP contribution in [-0.4, -0.2) is 22.8 Å². The van der Waals surface area contributed by atoms with Crippen LogP contribution in [-0.2, 0) is 4.74 Å². The number of carbonyl (C=O) groups is 1. The van der Waals surface area contributed by atoms with Crippen molar-refractivity contribution in [2.75, 3.05) is 6.61 Å². The number of nitrogens with one attached hydrogen (secondary N) is 1. The largest absolute Gasteiger partial charge is 0.461 e. The molecular weight excluding hydrogens is 180 g/mol. The van der Waals surface area contributed by atoms with Gasteiger partial charge in [-0.05, 0) is 6.92 Å². The standard InChI is InChI=1S/C10H14N2O2/c1-4-7(3)8-6-11-12-9(8)10(13)14-5-2/h4,6-7H,1,5H2,2-3H3,(H,11,12). The molecule has 1 aromatic heterocycles. The molecule has 4 nitrogen and oxygen atoms in total. The van der Waals surface area contributed by atoms with E-state index in [0.29, 0.717) is 12.3 Å². The molecule has 0 radical (unpaired) electrons. The SMILES string of the molecule is C=CC(C)c1c[nH]nc1C(=O)OCC. The van der Waals surface area contributed by atoms with Gasteiger partial charge in [-0.25, -0.2) is 4.79 Å². The number of rotatable bonds is 4. The minimum atomic E-state index is -0.391. The van der Waals surface area contributed by atoms with Gasteiger partial charge in [0.05, 0.1) is 6.61 Å². The Bertz CT molecular complexity index is 331. The average molecular weight is 194 g/mol. The minimum absolute atomic E-state index is 0.0909. The monoisotopic (exact) mass is 194 g/mol. The number of hydrogen-bond donors (Lipinski definition) is 1. The molecule has 1 N–H and O–H groups in total. The maximum absolute atomic E-state index is 11.4. The summed E-state index contributed by atoms with van der Waals surface area (Å²) in [6.45, 7) is 7.73. The fraction of sp³-hybridized carbons (Fsp3) is 0.400. The zero-order valence-electron chi connectivity index (χ0n) is 8.41. The van der Waals surface area contributed by atoms with Crippen LogP contribution in [0.15, 0.2) is 18.9 Å². The minimum Gasteiger partial charge on any atom is -0.461 e. The van der Waals surface area contributed by atoms with Crippen molar-refractivity contribution >= 4 is 5.97 Å². The average Bonchev–Trinajstić information content (AvgIpc) is 2.65. The van der Waals surface area contributed by atoms with Crippen molar-refractivity contribution in [2.24, 2.45) is 0 Å². The van der Waals surface area contributed by atoms with E-state index in [1.807, 2.05) is 6.92 Å². The topological polar surface area (TPSA) is 55.0 Å². The lowest BCUT2D eigenvalue weighted by Crippen LogP contribution is -2.08. The van der Waals surface area contributed by atoms with E-state index in [1.54, 1.807) is 19.2 Å². The summed E-state index contributed by atoms with van der Waals surface area (Å²) in [6, 6.07) is 0. The molecule has 76 valence electrons. The predicted octanol–water partition coefficient (Wildman–Crippen LogP) is 1.88. The first kappa shape index (κ1) is 10.5. The number of aromatic nitrogens is 2. The molecule has 4 heteroatoms. The Balaban J connectivity index is 2.92. The molecule has 0 spiro atoms. The highest BCUT2D eigenvalue weighted by Crippen LogP contribution is 2.19. The summed E-state index contributed by atoms with van der Waals surface area (Å²) in [5.41, 5.74) is 1.16. The van der Waals surface area contributed by atoms with E-state index >= 15 is 0 Å². The molecule has 0 aliphatic carbocycles. The van der Waals surface area contributed by atoms with Crippen molar-refractivity contribution < 1.29 is 9.53 Å². The third-order valence-corrected chi connectivity index (χ3v) is 1.98. The quantitative estimate of drug-likeness (QED) is 0.588. The van der Waals surface area contributed by atoms with E-state index in [2.05, 4.69) is 16.8 Å². The first-order chi connectivity index (χ1) is 6.70. The lowest BCUT2D eigenvalue weighted by atomic mass is 10.0. The summed E-state index contributed by atoms with van der Waals surface area (Å²) < 4.78 is 4.87. The number of aromatic amines is 1. The van der Waals surface area contributed by atoms with Crippen LogP contribution in [0.3, 0.4) is 0 Å². The van der Waals surface area contributed by atoms with Crippen LogP contribution in [0.25, 0.3) is 0 Å². The van der Waals surface area contributed by atoms with Crippen LogP contribution in [0.5, 0.6) is 0 Å². The van der Waals surface area contributed by atoms with Crippen LogP contribution in [0.4, 0.5) is 0 Å². The molecule has 14 heavy (non-hydrogen) atoms. The van der Waals surface area contributed by atoms with Crippen molar-refractivity contribution in [3.05, 3.63) is 30.1 Å². The highest BCUT2D eigenvalue weighted by atomic mass is 16.5. The van der Waals surface area contributed by atoms with Crippen molar-refractivity contribution in [1.29, 1.82) is 0 Å². The summed E-state index contributed by atoms with van der Waals surface area (Å²) in [5, 5.41) is 6.51. The number of H-pyrrole nitrogens is 1. The molecule has 1 aromatic rings. The Hall–Kier alpha value is -1.58. The molecule has 1 atom stereocenters. The normalized spacial score (nSPS) is 12.1. The maximum Gasteiger partial charge on any atom is 0.359 e. The van der Waals surface area contributed by atoms with Crippen LogP contribution >= 0.6 is 0 Å². The second kappa shape index (κ2) is 4.60. The van der Waals surface area contributed by atoms with Gasteiger partial charge in [0.25, 0.3) is 0 Å². The highest BCUT2D eigenvalue weighted by Gasteiger charge is 2.18. The Morgan fingerprint density at radius 3 is 3.14 bits per heavy atom. The van der Waals surface area contributed by atoms with Gasteiger partial charge in [0.1, 0.15) is 0 Å². The maximum atomic E-state index is 11.4. The van der Waals surface area contributed by atoms with Gasteiger partial charge in [-0.3, -0.25) is 5.10 Å².